The van der Waals surface area contributed by atoms with E-state index < -0.39 is 0 Å². The summed E-state index contributed by atoms with van der Waals surface area (Å²) in [5.41, 5.74) is 2.41. The maximum Gasteiger partial charge on any atom is 0.136 e. The molecule has 18 heavy (non-hydrogen) atoms. The topological polar surface area (TPSA) is 22.0 Å². The summed E-state index contributed by atoms with van der Waals surface area (Å²) in [7, 11) is 2.03. The predicted molar refractivity (Wildman–Crippen MR) is 74.0 cm³/mol. The fourth-order valence-electron chi connectivity index (χ4n) is 2.97. The number of carbonyl (C=O) groups excluding carboxylic acids is 1. The van der Waals surface area contributed by atoms with Crippen molar-refractivity contribution in [3.05, 3.63) is 35.0 Å². The van der Waals surface area contributed by atoms with Crippen LogP contribution in [0.4, 0.5) is 0 Å². The number of aryl methyl sites for hydroxylation is 1. The molecular formula is C15H16ClNO. The second-order valence-corrected chi connectivity index (χ2v) is 5.62. The van der Waals surface area contributed by atoms with Gasteiger partial charge in [-0.2, -0.15) is 0 Å². The number of fused-ring (bicyclic) bond motifs is 1. The van der Waals surface area contributed by atoms with Crippen molar-refractivity contribution in [2.75, 3.05) is 0 Å². The number of benzene rings is 1. The van der Waals surface area contributed by atoms with Gasteiger partial charge in [0.25, 0.3) is 0 Å². The standard InChI is InChI=1S/C15H16ClNO/c1-17-9-11(7-10-3-2-4-15(10)18)13-6-5-12(16)8-14(13)17/h5-6,8-10H,2-4,7H2,1H3. The van der Waals surface area contributed by atoms with Crippen molar-refractivity contribution in [3.8, 4) is 0 Å². The van der Waals surface area contributed by atoms with E-state index in [4.69, 9.17) is 11.6 Å². The summed E-state index contributed by atoms with van der Waals surface area (Å²) in [6.45, 7) is 0. The molecule has 1 atom stereocenters. The first-order chi connectivity index (χ1) is 8.65. The Morgan fingerprint density at radius 1 is 1.44 bits per heavy atom. The molecule has 1 heterocycles. The number of aromatic nitrogens is 1. The minimum absolute atomic E-state index is 0.228. The number of hydrogen-bond acceptors (Lipinski definition) is 1. The summed E-state index contributed by atoms with van der Waals surface area (Å²) in [6.07, 6.45) is 5.87. The maximum atomic E-state index is 11.7. The van der Waals surface area contributed by atoms with Crippen LogP contribution < -0.4 is 0 Å². The zero-order chi connectivity index (χ0) is 12.7. The average Bonchev–Trinajstić information content (AvgIpc) is 2.86. The van der Waals surface area contributed by atoms with E-state index in [9.17, 15) is 4.79 Å². The molecule has 0 saturated heterocycles. The molecule has 1 saturated carbocycles. The Labute approximate surface area is 112 Å². The number of halogens is 1. The number of nitrogens with zero attached hydrogens (tertiary/aromatic N) is 1. The van der Waals surface area contributed by atoms with Crippen LogP contribution in [0.3, 0.4) is 0 Å². The third-order valence-corrected chi connectivity index (χ3v) is 4.17. The SMILES string of the molecule is Cn1cc(CC2CCCC2=O)c2ccc(Cl)cc21. The Bertz CT molecular complexity index is 614. The lowest BCUT2D eigenvalue weighted by molar-refractivity contribution is -0.120. The van der Waals surface area contributed by atoms with Crippen molar-refractivity contribution < 1.29 is 4.79 Å². The molecule has 1 aliphatic rings. The number of ketones is 1. The maximum absolute atomic E-state index is 11.7. The Morgan fingerprint density at radius 3 is 3.00 bits per heavy atom. The molecule has 0 N–H and O–H groups in total. The van der Waals surface area contributed by atoms with Gasteiger partial charge in [0, 0.05) is 41.5 Å². The summed E-state index contributed by atoms with van der Waals surface area (Å²) in [5, 5.41) is 1.98. The van der Waals surface area contributed by atoms with Gasteiger partial charge in [0.2, 0.25) is 0 Å². The van der Waals surface area contributed by atoms with Gasteiger partial charge in [-0.15, -0.1) is 0 Å². The molecule has 1 fully saturated rings. The van der Waals surface area contributed by atoms with Crippen LogP contribution in [0, 0.1) is 5.92 Å². The zero-order valence-electron chi connectivity index (χ0n) is 10.4. The number of carbonyl (C=O) groups is 1. The first-order valence-electron chi connectivity index (χ1n) is 6.41. The van der Waals surface area contributed by atoms with Crippen LogP contribution in [-0.2, 0) is 18.3 Å². The number of rotatable bonds is 2. The van der Waals surface area contributed by atoms with Crippen LogP contribution in [0.1, 0.15) is 24.8 Å². The quantitative estimate of drug-likeness (QED) is 0.807. The van der Waals surface area contributed by atoms with Crippen molar-refractivity contribution in [2.24, 2.45) is 13.0 Å². The minimum atomic E-state index is 0.228. The van der Waals surface area contributed by atoms with Gasteiger partial charge in [-0.25, -0.2) is 0 Å². The molecule has 0 bridgehead atoms. The Kier molecular flexibility index (Phi) is 2.90. The second kappa shape index (κ2) is 4.43. The van der Waals surface area contributed by atoms with Crippen LogP contribution >= 0.6 is 11.6 Å². The van der Waals surface area contributed by atoms with Gasteiger partial charge < -0.3 is 4.57 Å². The molecular weight excluding hydrogens is 246 g/mol. The van der Waals surface area contributed by atoms with Crippen molar-refractivity contribution in [1.29, 1.82) is 0 Å². The molecule has 0 amide bonds. The molecule has 1 aromatic carbocycles. The minimum Gasteiger partial charge on any atom is -0.350 e. The molecule has 3 rings (SSSR count). The van der Waals surface area contributed by atoms with Crippen LogP contribution in [0.25, 0.3) is 10.9 Å². The van der Waals surface area contributed by atoms with Crippen LogP contribution in [-0.4, -0.2) is 10.4 Å². The molecule has 0 aliphatic heterocycles. The lowest BCUT2D eigenvalue weighted by atomic mass is 9.97. The van der Waals surface area contributed by atoms with E-state index in [-0.39, 0.29) is 5.92 Å². The van der Waals surface area contributed by atoms with E-state index in [0.717, 1.165) is 36.2 Å². The van der Waals surface area contributed by atoms with Gasteiger partial charge in [0.1, 0.15) is 5.78 Å². The van der Waals surface area contributed by atoms with E-state index >= 15 is 0 Å². The van der Waals surface area contributed by atoms with Gasteiger partial charge in [0.15, 0.2) is 0 Å². The molecule has 94 valence electrons. The molecule has 3 heteroatoms. The van der Waals surface area contributed by atoms with Gasteiger partial charge in [-0.05, 0) is 37.0 Å². The highest BCUT2D eigenvalue weighted by atomic mass is 35.5. The highest BCUT2D eigenvalue weighted by molar-refractivity contribution is 6.31. The Morgan fingerprint density at radius 2 is 2.28 bits per heavy atom. The molecule has 2 nitrogen and oxygen atoms in total. The Balaban J connectivity index is 1.99. The predicted octanol–water partition coefficient (Wildman–Crippen LogP) is 3.74. The normalized spacial score (nSPS) is 19.9. The van der Waals surface area contributed by atoms with Gasteiger partial charge in [0.05, 0.1) is 0 Å². The summed E-state index contributed by atoms with van der Waals surface area (Å²) < 4.78 is 2.09. The molecule has 2 aromatic rings. The molecule has 0 radical (unpaired) electrons. The molecule has 1 aromatic heterocycles. The van der Waals surface area contributed by atoms with E-state index in [1.807, 2.05) is 19.2 Å². The first-order valence-corrected chi connectivity index (χ1v) is 6.79. The highest BCUT2D eigenvalue weighted by Gasteiger charge is 2.25. The molecule has 1 aliphatic carbocycles. The van der Waals surface area contributed by atoms with E-state index in [0.29, 0.717) is 5.78 Å². The highest BCUT2D eigenvalue weighted by Crippen LogP contribution is 2.30. The Hall–Kier alpha value is -1.28. The van der Waals surface area contributed by atoms with Crippen LogP contribution in [0.15, 0.2) is 24.4 Å². The summed E-state index contributed by atoms with van der Waals surface area (Å²) >= 11 is 6.03. The zero-order valence-corrected chi connectivity index (χ0v) is 11.2. The first kappa shape index (κ1) is 11.8. The van der Waals surface area contributed by atoms with E-state index in [1.54, 1.807) is 0 Å². The number of Topliss-reactive ketones (excluding diaryl/α,β-unsaturated/α-hetero) is 1. The van der Waals surface area contributed by atoms with Gasteiger partial charge in [-0.3, -0.25) is 4.79 Å². The average molecular weight is 262 g/mol. The van der Waals surface area contributed by atoms with Crippen molar-refractivity contribution in [1.82, 2.24) is 4.57 Å². The van der Waals surface area contributed by atoms with Gasteiger partial charge in [-0.1, -0.05) is 17.7 Å². The summed E-state index contributed by atoms with van der Waals surface area (Å²) in [5.74, 6) is 0.659. The third-order valence-electron chi connectivity index (χ3n) is 3.93. The van der Waals surface area contributed by atoms with E-state index in [2.05, 4.69) is 16.8 Å². The van der Waals surface area contributed by atoms with Crippen molar-refractivity contribution in [2.45, 2.75) is 25.7 Å². The third kappa shape index (κ3) is 1.95. The van der Waals surface area contributed by atoms with Crippen LogP contribution in [0.2, 0.25) is 5.02 Å². The smallest absolute Gasteiger partial charge is 0.136 e. The number of hydrogen-bond donors (Lipinski definition) is 0. The van der Waals surface area contributed by atoms with Crippen LogP contribution in [0.5, 0.6) is 0 Å². The monoisotopic (exact) mass is 261 g/mol. The van der Waals surface area contributed by atoms with E-state index in [1.165, 1.54) is 10.9 Å². The summed E-state index contributed by atoms with van der Waals surface area (Å²) in [4.78, 5) is 11.7. The van der Waals surface area contributed by atoms with Gasteiger partial charge >= 0.3 is 0 Å². The fraction of sp³-hybridized carbons (Fsp3) is 0.400. The molecule has 1 unspecified atom stereocenters. The van der Waals surface area contributed by atoms with Crippen molar-refractivity contribution in [3.63, 3.8) is 0 Å². The largest absolute Gasteiger partial charge is 0.350 e. The lowest BCUT2D eigenvalue weighted by Gasteiger charge is -2.06. The lowest BCUT2D eigenvalue weighted by Crippen LogP contribution is -2.09. The summed E-state index contributed by atoms with van der Waals surface area (Å²) in [6, 6.07) is 5.97. The second-order valence-electron chi connectivity index (χ2n) is 5.19. The molecule has 0 spiro atoms. The van der Waals surface area contributed by atoms with Crippen molar-refractivity contribution >= 4 is 28.3 Å². The fourth-order valence-corrected chi connectivity index (χ4v) is 3.14.